The van der Waals surface area contributed by atoms with E-state index in [9.17, 15) is 0 Å². The van der Waals surface area contributed by atoms with Gasteiger partial charge in [-0.2, -0.15) is 0 Å². The van der Waals surface area contributed by atoms with E-state index < -0.39 is 45.6 Å². The van der Waals surface area contributed by atoms with Crippen LogP contribution in [0.1, 0.15) is 78.4 Å². The predicted molar refractivity (Wildman–Crippen MR) is 519 cm³/mol. The van der Waals surface area contributed by atoms with Crippen LogP contribution in [0.5, 0.6) is 0 Å². The smallest absolute Gasteiger partial charge is 0.125 e. The predicted octanol–water partition coefficient (Wildman–Crippen LogP) is 26.4. The third-order valence-electron chi connectivity index (χ3n) is 18.3. The summed E-state index contributed by atoms with van der Waals surface area (Å²) in [6, 6.07) is 136. The van der Waals surface area contributed by atoms with Crippen LogP contribution in [0.3, 0.4) is 0 Å². The SMILES string of the molecule is [2H]C([2H])([2H])C([2H])(C)C([2H])([2H])c1cccc(-c2ccc(-c3[c-]cccc3)nc2)n1.[2H]C([2H])([2H])C([2H])(C)c1cccc(-c2ccc(-c3[c-]cccc3)nc2)n1.[2H]C([2H])([2H])c1ncc(-c2ccc(-c3[c-]cccc3)nc2)cn1.[2H]C([2H])([2H])c1nccc(-c2ccc(-c3[c-]cccc3)nc2)n1.[Ir].[Ir].[Ir].[Ir].[c-]1ccccc1-c1ccccn1.[c-]1ccccc1-c1ccccn1.[c-]1ccccc1-c1ccccn1.[c-]1ccccc1-c1ccccn1. The third-order valence-corrected chi connectivity index (χ3v) is 18.3. The zero-order valence-corrected chi connectivity index (χ0v) is 81.1. The van der Waals surface area contributed by atoms with Crippen LogP contribution in [0.15, 0.2) is 426 Å². The number of aryl methyl sites for hydroxylation is 2. The minimum atomic E-state index is -2.80. The van der Waals surface area contributed by atoms with Gasteiger partial charge in [-0.3, -0.25) is 9.97 Å². The molecule has 12 aromatic heterocycles. The molecule has 0 fully saturated rings. The van der Waals surface area contributed by atoms with Gasteiger partial charge in [0.2, 0.25) is 0 Å². The number of aromatic nitrogens is 14. The molecular weight excluding hydrogens is 2350 g/mol. The van der Waals surface area contributed by atoms with Gasteiger partial charge in [0.1, 0.15) is 11.6 Å². The summed E-state index contributed by atoms with van der Waals surface area (Å²) in [5.74, 6) is -4.43. The average molecular weight is 2460 g/mol. The van der Waals surface area contributed by atoms with Crippen molar-refractivity contribution in [2.75, 3.05) is 0 Å². The Hall–Kier alpha value is -14.0. The second-order valence-electron chi connectivity index (χ2n) is 27.6. The van der Waals surface area contributed by atoms with E-state index in [1.165, 1.54) is 31.6 Å². The first kappa shape index (κ1) is 81.0. The van der Waals surface area contributed by atoms with E-state index in [2.05, 4.69) is 118 Å². The van der Waals surface area contributed by atoms with Gasteiger partial charge in [0, 0.05) is 210 Å². The van der Waals surface area contributed by atoms with Crippen LogP contribution in [0.4, 0.5) is 0 Å². The van der Waals surface area contributed by atoms with Crippen molar-refractivity contribution >= 4 is 0 Å². The first-order valence-corrected chi connectivity index (χ1v) is 40.6. The monoisotopic (exact) mass is 2460 g/mol. The maximum atomic E-state index is 8.27. The average Bonchev–Trinajstić information content (AvgIpc) is 0.751. The van der Waals surface area contributed by atoms with Gasteiger partial charge < -0.3 is 39.9 Å². The largest absolute Gasteiger partial charge is 0.305 e. The Morgan fingerprint density at radius 2 is 0.534 bits per heavy atom. The molecule has 0 bridgehead atoms. The van der Waals surface area contributed by atoms with Gasteiger partial charge in [-0.1, -0.05) is 137 Å². The number of benzene rings is 8. The molecule has 18 heteroatoms. The number of nitrogens with zero attached hydrogens (tertiary/aromatic N) is 14. The zero-order chi connectivity index (χ0) is 103. The second kappa shape index (κ2) is 56.6. The van der Waals surface area contributed by atoms with Crippen LogP contribution in [-0.4, -0.2) is 69.8 Å². The molecule has 20 rings (SSSR count). The van der Waals surface area contributed by atoms with Crippen molar-refractivity contribution in [2.45, 2.75) is 53.5 Å². The standard InChI is InChI=1S/C20H19N2.C19H17N2.2C16H12N3.4C11H8N.4Ir/c1-15(2)13-18-9-6-10-20(22-18)17-11-12-19(21-14-17)16-7-4-3-5-8-16;1-14(2)17-9-6-10-19(21-17)16-11-12-18(20-13-16)15-7-4-3-5-8-15;1-12-17-10-15(11-18-12)14-7-8-16(19-9-14)13-5-3-2-4-6-13;1-12-17-10-9-16(19-12)14-7-8-15(18-11-14)13-5-3-2-4-6-13;4*1-2-6-10(7-3-1)11-8-4-5-9-12-11;;;;/h3-7,9-12,14-15H,13H2,1-2H3;3-7,9-14H,1-2H3;2*2-5,7-11H,1H3;4*1-6,8-9H;;;;/q8*-1;;;;/i1D3,13D2,15D;1D3,14D;2*1D3;;;;;;;;. The Balaban J connectivity index is 0.000000192. The van der Waals surface area contributed by atoms with E-state index in [1.54, 1.807) is 92.0 Å². The molecule has 4 radical (unpaired) electrons. The normalized spacial score (nSPS) is 13.1. The van der Waals surface area contributed by atoms with Crippen molar-refractivity contribution in [2.24, 2.45) is 5.89 Å². The Kier molecular flexibility index (Phi) is 34.5. The molecule has 0 saturated heterocycles. The van der Waals surface area contributed by atoms with Gasteiger partial charge in [-0.15, -0.1) is 287 Å². The van der Waals surface area contributed by atoms with Gasteiger partial charge in [0.25, 0.3) is 0 Å². The first-order valence-electron chi connectivity index (χ1n) is 48.6. The van der Waals surface area contributed by atoms with E-state index in [0.717, 1.165) is 119 Å². The van der Waals surface area contributed by atoms with Crippen LogP contribution in [-0.2, 0) is 86.8 Å². The molecular formula is C115H92Ir4N14-8. The van der Waals surface area contributed by atoms with E-state index in [1.807, 2.05) is 309 Å². The minimum Gasteiger partial charge on any atom is -0.305 e. The Labute approximate surface area is 857 Å². The van der Waals surface area contributed by atoms with Gasteiger partial charge in [0.15, 0.2) is 0 Å². The molecule has 0 saturated carbocycles. The topological polar surface area (TPSA) is 180 Å². The third kappa shape index (κ3) is 33.4. The molecule has 8 aromatic carbocycles. The molecule has 0 amide bonds. The molecule has 12 heterocycles. The molecule has 2 atom stereocenters. The molecule has 666 valence electrons. The van der Waals surface area contributed by atoms with E-state index in [4.69, 9.17) is 21.9 Å². The van der Waals surface area contributed by atoms with Gasteiger partial charge in [0.05, 0.1) is 17.1 Å². The summed E-state index contributed by atoms with van der Waals surface area (Å²) < 4.78 is 122. The number of rotatable bonds is 15. The summed E-state index contributed by atoms with van der Waals surface area (Å²) in [6.45, 7) is -7.43. The summed E-state index contributed by atoms with van der Waals surface area (Å²) in [6.07, 6.45) is 15.8. The van der Waals surface area contributed by atoms with Crippen LogP contribution in [0, 0.1) is 68.1 Å². The summed E-state index contributed by atoms with van der Waals surface area (Å²) >= 11 is 0. The van der Waals surface area contributed by atoms with Crippen molar-refractivity contribution in [1.29, 1.82) is 0 Å². The number of hydrogen-bond acceptors (Lipinski definition) is 14. The van der Waals surface area contributed by atoms with E-state index in [-0.39, 0.29) is 103 Å². The fourth-order valence-electron chi connectivity index (χ4n) is 12.0. The summed E-state index contributed by atoms with van der Waals surface area (Å²) in [5, 5.41) is 0. The van der Waals surface area contributed by atoms with E-state index in [0.29, 0.717) is 22.6 Å². The number of pyridine rings is 10. The molecule has 0 N–H and O–H groups in total. The van der Waals surface area contributed by atoms with Crippen LogP contribution >= 0.6 is 0 Å². The summed E-state index contributed by atoms with van der Waals surface area (Å²) in [5.41, 5.74) is 20.2. The number of hydrogen-bond donors (Lipinski definition) is 0. The Morgan fingerprint density at radius 3 is 0.820 bits per heavy atom. The fourth-order valence-corrected chi connectivity index (χ4v) is 12.0. The van der Waals surface area contributed by atoms with Crippen LogP contribution < -0.4 is 0 Å². The molecule has 133 heavy (non-hydrogen) atoms. The van der Waals surface area contributed by atoms with Crippen molar-refractivity contribution in [3.63, 3.8) is 0 Å². The second-order valence-corrected chi connectivity index (χ2v) is 27.6. The summed E-state index contributed by atoms with van der Waals surface area (Å²) in [7, 11) is 0. The fraction of sp³-hybridized carbons (Fsp3) is 0.0783. The van der Waals surface area contributed by atoms with Gasteiger partial charge in [-0.05, 0) is 132 Å². The first-order chi connectivity index (χ1) is 69.8. The quantitative estimate of drug-likeness (QED) is 0.0884. The summed E-state index contributed by atoms with van der Waals surface area (Å²) in [4.78, 5) is 58.9. The van der Waals surface area contributed by atoms with Crippen molar-refractivity contribution in [1.82, 2.24) is 69.8 Å². The van der Waals surface area contributed by atoms with Gasteiger partial charge in [-0.25, -0.2) is 19.9 Å². The molecule has 0 spiro atoms. The Morgan fingerprint density at radius 1 is 0.241 bits per heavy atom. The van der Waals surface area contributed by atoms with Crippen LogP contribution in [0.25, 0.3) is 135 Å². The van der Waals surface area contributed by atoms with Gasteiger partial charge >= 0.3 is 0 Å². The zero-order valence-electron chi connectivity index (χ0n) is 87.5. The molecule has 0 aliphatic rings. The van der Waals surface area contributed by atoms with E-state index >= 15 is 0 Å². The maximum absolute atomic E-state index is 8.27. The Bertz CT molecular complexity index is 6850. The maximum Gasteiger partial charge on any atom is 0.125 e. The van der Waals surface area contributed by atoms with Crippen molar-refractivity contribution < 1.29 is 102 Å². The molecule has 0 aliphatic heterocycles. The molecule has 0 aliphatic carbocycles. The minimum absolute atomic E-state index is 0. The van der Waals surface area contributed by atoms with Crippen molar-refractivity contribution in [3.05, 3.63) is 498 Å². The molecule has 2 unspecified atom stereocenters. The molecule has 14 nitrogen and oxygen atoms in total. The van der Waals surface area contributed by atoms with Crippen molar-refractivity contribution in [3.8, 4) is 135 Å². The molecule has 20 aromatic rings. The van der Waals surface area contributed by atoms with Crippen LogP contribution in [0.2, 0.25) is 0 Å².